The summed E-state index contributed by atoms with van der Waals surface area (Å²) in [4.78, 5) is 0. The maximum atomic E-state index is 3.64. The predicted octanol–water partition coefficient (Wildman–Crippen LogP) is 2.87. The van der Waals surface area contributed by atoms with E-state index in [0.29, 0.717) is 12.1 Å². The molecule has 2 nitrogen and oxygen atoms in total. The molecule has 0 amide bonds. The van der Waals surface area contributed by atoms with Crippen LogP contribution in [-0.2, 0) is 0 Å². The lowest BCUT2D eigenvalue weighted by Crippen LogP contribution is -2.37. The van der Waals surface area contributed by atoms with Crippen molar-refractivity contribution in [3.63, 3.8) is 0 Å². The SMILES string of the molecule is CCNC(CC1CCCCN1)c1ccccc1. The quantitative estimate of drug-likeness (QED) is 0.815. The summed E-state index contributed by atoms with van der Waals surface area (Å²) in [6.45, 7) is 4.41. The van der Waals surface area contributed by atoms with Crippen LogP contribution in [0.15, 0.2) is 30.3 Å². The third-order valence-electron chi connectivity index (χ3n) is 3.59. The molecular formula is C15H24N2. The van der Waals surface area contributed by atoms with E-state index in [2.05, 4.69) is 47.9 Å². The van der Waals surface area contributed by atoms with E-state index in [-0.39, 0.29) is 0 Å². The van der Waals surface area contributed by atoms with Gasteiger partial charge in [-0.25, -0.2) is 0 Å². The van der Waals surface area contributed by atoms with Crippen molar-refractivity contribution in [3.05, 3.63) is 35.9 Å². The molecule has 0 saturated carbocycles. The van der Waals surface area contributed by atoms with Crippen molar-refractivity contribution in [2.45, 2.75) is 44.7 Å². The zero-order valence-electron chi connectivity index (χ0n) is 10.8. The Balaban J connectivity index is 1.96. The minimum Gasteiger partial charge on any atom is -0.314 e. The second kappa shape index (κ2) is 6.77. The Morgan fingerprint density at radius 1 is 1.29 bits per heavy atom. The molecule has 2 N–H and O–H groups in total. The van der Waals surface area contributed by atoms with E-state index in [9.17, 15) is 0 Å². The highest BCUT2D eigenvalue weighted by Gasteiger charge is 2.18. The van der Waals surface area contributed by atoms with Gasteiger partial charge in [0.25, 0.3) is 0 Å². The van der Waals surface area contributed by atoms with Crippen LogP contribution in [0.25, 0.3) is 0 Å². The van der Waals surface area contributed by atoms with E-state index in [1.807, 2.05) is 0 Å². The van der Waals surface area contributed by atoms with Crippen molar-refractivity contribution >= 4 is 0 Å². The second-order valence-corrected chi connectivity index (χ2v) is 4.90. The number of nitrogens with one attached hydrogen (secondary N) is 2. The van der Waals surface area contributed by atoms with E-state index >= 15 is 0 Å². The summed E-state index contributed by atoms with van der Waals surface area (Å²) >= 11 is 0. The van der Waals surface area contributed by atoms with Gasteiger partial charge in [-0.3, -0.25) is 0 Å². The maximum Gasteiger partial charge on any atom is 0.0334 e. The van der Waals surface area contributed by atoms with Crippen LogP contribution in [0.3, 0.4) is 0 Å². The first-order valence-corrected chi connectivity index (χ1v) is 6.92. The van der Waals surface area contributed by atoms with Crippen molar-refractivity contribution in [1.82, 2.24) is 10.6 Å². The Morgan fingerprint density at radius 3 is 2.76 bits per heavy atom. The molecule has 17 heavy (non-hydrogen) atoms. The molecule has 1 fully saturated rings. The highest BCUT2D eigenvalue weighted by Crippen LogP contribution is 2.21. The van der Waals surface area contributed by atoms with Crippen LogP contribution in [0.1, 0.15) is 44.2 Å². The van der Waals surface area contributed by atoms with E-state index in [0.717, 1.165) is 6.54 Å². The molecule has 0 aliphatic carbocycles. The Kier molecular flexibility index (Phi) is 5.02. The zero-order valence-corrected chi connectivity index (χ0v) is 10.8. The fraction of sp³-hybridized carbons (Fsp3) is 0.600. The predicted molar refractivity (Wildman–Crippen MR) is 73.1 cm³/mol. The first kappa shape index (κ1) is 12.6. The highest BCUT2D eigenvalue weighted by atomic mass is 15.0. The molecule has 2 unspecified atom stereocenters. The van der Waals surface area contributed by atoms with Crippen molar-refractivity contribution in [2.75, 3.05) is 13.1 Å². The average Bonchev–Trinajstić information content (AvgIpc) is 2.40. The third-order valence-corrected chi connectivity index (χ3v) is 3.59. The van der Waals surface area contributed by atoms with Crippen LogP contribution in [0, 0.1) is 0 Å². The smallest absolute Gasteiger partial charge is 0.0334 e. The Hall–Kier alpha value is -0.860. The number of rotatable bonds is 5. The molecule has 1 aromatic carbocycles. The van der Waals surface area contributed by atoms with Crippen molar-refractivity contribution in [3.8, 4) is 0 Å². The van der Waals surface area contributed by atoms with E-state index < -0.39 is 0 Å². The van der Waals surface area contributed by atoms with Gasteiger partial charge in [0.1, 0.15) is 0 Å². The normalized spacial score (nSPS) is 22.3. The van der Waals surface area contributed by atoms with Crippen LogP contribution in [0.5, 0.6) is 0 Å². The van der Waals surface area contributed by atoms with Gasteiger partial charge in [-0.05, 0) is 37.9 Å². The van der Waals surface area contributed by atoms with Gasteiger partial charge in [0.05, 0.1) is 0 Å². The molecule has 94 valence electrons. The standard InChI is InChI=1S/C15H24N2/c1-2-16-15(13-8-4-3-5-9-13)12-14-10-6-7-11-17-14/h3-5,8-9,14-17H,2,6-7,10-12H2,1H3. The first-order valence-electron chi connectivity index (χ1n) is 6.92. The maximum absolute atomic E-state index is 3.64. The molecular weight excluding hydrogens is 208 g/mol. The molecule has 0 spiro atoms. The number of benzene rings is 1. The lowest BCUT2D eigenvalue weighted by atomic mass is 9.94. The molecule has 1 aromatic rings. The van der Waals surface area contributed by atoms with Crippen LogP contribution in [0.2, 0.25) is 0 Å². The van der Waals surface area contributed by atoms with Gasteiger partial charge in [-0.1, -0.05) is 43.7 Å². The average molecular weight is 232 g/mol. The third kappa shape index (κ3) is 3.83. The summed E-state index contributed by atoms with van der Waals surface area (Å²) in [5.41, 5.74) is 1.42. The van der Waals surface area contributed by atoms with Gasteiger partial charge < -0.3 is 10.6 Å². The summed E-state index contributed by atoms with van der Waals surface area (Å²) in [6, 6.07) is 12.0. The molecule has 1 aliphatic rings. The van der Waals surface area contributed by atoms with E-state index in [1.165, 1.54) is 37.8 Å². The molecule has 1 saturated heterocycles. The fourth-order valence-electron chi connectivity index (χ4n) is 2.68. The van der Waals surface area contributed by atoms with Gasteiger partial charge in [-0.2, -0.15) is 0 Å². The van der Waals surface area contributed by atoms with Crippen LogP contribution >= 0.6 is 0 Å². The zero-order chi connectivity index (χ0) is 11.9. The molecule has 2 heteroatoms. The Bertz CT molecular complexity index is 304. The van der Waals surface area contributed by atoms with Crippen LogP contribution in [-0.4, -0.2) is 19.1 Å². The molecule has 1 aliphatic heterocycles. The molecule has 2 atom stereocenters. The van der Waals surface area contributed by atoms with Crippen molar-refractivity contribution < 1.29 is 0 Å². The number of hydrogen-bond donors (Lipinski definition) is 2. The minimum atomic E-state index is 0.497. The van der Waals surface area contributed by atoms with E-state index in [4.69, 9.17) is 0 Å². The van der Waals surface area contributed by atoms with Crippen LogP contribution < -0.4 is 10.6 Å². The number of piperidine rings is 1. The lowest BCUT2D eigenvalue weighted by molar-refractivity contribution is 0.341. The van der Waals surface area contributed by atoms with E-state index in [1.54, 1.807) is 0 Å². The lowest BCUT2D eigenvalue weighted by Gasteiger charge is -2.28. The molecule has 0 bridgehead atoms. The van der Waals surface area contributed by atoms with Gasteiger partial charge in [-0.15, -0.1) is 0 Å². The summed E-state index contributed by atoms with van der Waals surface area (Å²) in [5.74, 6) is 0. The summed E-state index contributed by atoms with van der Waals surface area (Å²) < 4.78 is 0. The highest BCUT2D eigenvalue weighted by molar-refractivity contribution is 5.19. The summed E-state index contributed by atoms with van der Waals surface area (Å²) in [6.07, 6.45) is 5.26. The Labute approximate surface area is 105 Å². The van der Waals surface area contributed by atoms with Crippen molar-refractivity contribution in [2.24, 2.45) is 0 Å². The number of hydrogen-bond acceptors (Lipinski definition) is 2. The summed E-state index contributed by atoms with van der Waals surface area (Å²) in [5, 5.41) is 7.24. The molecule has 0 aromatic heterocycles. The molecule has 2 rings (SSSR count). The summed E-state index contributed by atoms with van der Waals surface area (Å²) in [7, 11) is 0. The van der Waals surface area contributed by atoms with Gasteiger partial charge in [0, 0.05) is 12.1 Å². The topological polar surface area (TPSA) is 24.1 Å². The Morgan fingerprint density at radius 2 is 2.12 bits per heavy atom. The largest absolute Gasteiger partial charge is 0.314 e. The van der Waals surface area contributed by atoms with Gasteiger partial charge in [0.15, 0.2) is 0 Å². The van der Waals surface area contributed by atoms with Gasteiger partial charge >= 0.3 is 0 Å². The molecule has 1 heterocycles. The molecule has 0 radical (unpaired) electrons. The second-order valence-electron chi connectivity index (χ2n) is 4.90. The van der Waals surface area contributed by atoms with Crippen molar-refractivity contribution in [1.29, 1.82) is 0 Å². The van der Waals surface area contributed by atoms with Crippen LogP contribution in [0.4, 0.5) is 0 Å². The fourth-order valence-corrected chi connectivity index (χ4v) is 2.68. The first-order chi connectivity index (χ1) is 8.40. The van der Waals surface area contributed by atoms with Gasteiger partial charge in [0.2, 0.25) is 0 Å². The minimum absolute atomic E-state index is 0.497. The monoisotopic (exact) mass is 232 g/mol.